The third-order valence-corrected chi connectivity index (χ3v) is 4.67. The van der Waals surface area contributed by atoms with Gasteiger partial charge in [-0.15, -0.1) is 0 Å². The second-order valence-electron chi connectivity index (χ2n) is 3.98. The van der Waals surface area contributed by atoms with Crippen LogP contribution in [0.3, 0.4) is 0 Å². The van der Waals surface area contributed by atoms with Crippen molar-refractivity contribution in [2.24, 2.45) is 0 Å². The topological polar surface area (TPSA) is 44.8 Å². The largest absolute Gasteiger partial charge is 0.463 e. The first-order valence-electron chi connectivity index (χ1n) is 6.15. The minimum Gasteiger partial charge on any atom is -0.463 e. The number of ether oxygens (including phenoxy) is 1. The van der Waals surface area contributed by atoms with Crippen LogP contribution in [-0.4, -0.2) is 36.1 Å². The summed E-state index contributed by atoms with van der Waals surface area (Å²) in [7, 11) is 1.55. The molecule has 5 heteroatoms. The monoisotopic (exact) mass is 280 g/mol. The maximum atomic E-state index is 10.9. The Morgan fingerprint density at radius 1 is 1.32 bits per heavy atom. The zero-order valence-electron chi connectivity index (χ0n) is 11.4. The maximum Gasteiger partial charge on any atom is 0.355 e. The number of carbonyl (C=O) groups is 1. The van der Waals surface area contributed by atoms with E-state index in [1.165, 1.54) is 11.6 Å². The van der Waals surface area contributed by atoms with Crippen LogP contribution < -0.4 is 5.19 Å². The average Bonchev–Trinajstić information content (AvgIpc) is 2.46. The Labute approximate surface area is 115 Å². The Kier molecular flexibility index (Phi) is 7.10. The molecule has 0 aliphatic heterocycles. The number of hydrogen-bond donors (Lipinski definition) is 0. The van der Waals surface area contributed by atoms with Gasteiger partial charge in [-0.05, 0) is 23.6 Å². The second-order valence-corrected chi connectivity index (χ2v) is 6.21. The number of rotatable bonds is 8. The first-order valence-corrected chi connectivity index (χ1v) is 7.67. The Balaban J connectivity index is 2.58. The van der Waals surface area contributed by atoms with Crippen molar-refractivity contribution in [1.29, 1.82) is 0 Å². The average molecular weight is 280 g/mol. The lowest BCUT2D eigenvalue weighted by Crippen LogP contribution is -2.37. The first kappa shape index (κ1) is 15.6. The highest BCUT2D eigenvalue weighted by Crippen LogP contribution is 2.04. The van der Waals surface area contributed by atoms with Crippen molar-refractivity contribution in [2.75, 3.05) is 20.8 Å². The van der Waals surface area contributed by atoms with Crippen LogP contribution in [0.4, 0.5) is 0 Å². The number of benzene rings is 1. The summed E-state index contributed by atoms with van der Waals surface area (Å²) >= 11 is 0. The van der Waals surface area contributed by atoms with E-state index in [0.717, 1.165) is 18.0 Å². The Morgan fingerprint density at radius 3 is 2.63 bits per heavy atom. The number of carbonyl (C=O) groups excluding carboxylic acids is 1. The van der Waals surface area contributed by atoms with Crippen LogP contribution in [-0.2, 0) is 24.8 Å². The third kappa shape index (κ3) is 4.98. The molecular formula is C14H20O4Si. The van der Waals surface area contributed by atoms with E-state index in [2.05, 4.69) is 12.6 Å². The van der Waals surface area contributed by atoms with Crippen LogP contribution in [0, 0.1) is 0 Å². The molecule has 19 heavy (non-hydrogen) atoms. The molecule has 104 valence electrons. The molecule has 0 bridgehead atoms. The van der Waals surface area contributed by atoms with Gasteiger partial charge >= 0.3 is 15.3 Å². The highest BCUT2D eigenvalue weighted by atomic mass is 28.3. The molecule has 0 unspecified atom stereocenters. The van der Waals surface area contributed by atoms with Crippen LogP contribution in [0.5, 0.6) is 0 Å². The normalized spacial score (nSPS) is 10.5. The fourth-order valence-electron chi connectivity index (χ4n) is 1.84. The molecule has 0 aliphatic carbocycles. The fourth-order valence-corrected chi connectivity index (χ4v) is 3.35. The van der Waals surface area contributed by atoms with Crippen molar-refractivity contribution in [3.05, 3.63) is 42.5 Å². The molecule has 0 N–H and O–H groups in total. The van der Waals surface area contributed by atoms with Gasteiger partial charge in [0.2, 0.25) is 0 Å². The summed E-state index contributed by atoms with van der Waals surface area (Å²) < 4.78 is 15.8. The zero-order valence-corrected chi connectivity index (χ0v) is 12.6. The molecule has 1 aromatic carbocycles. The molecule has 0 fully saturated rings. The minimum atomic E-state index is -1.79. The molecule has 0 atom stereocenters. The molecule has 0 radical (unpaired) electrons. The standard InChI is InChI=1S/C14H20O4Si/c1-4-14(15)18-11-7-9-12-8-5-6-10-13(12)19(16-2)17-3/h4-6,8,10,19H,1,7,9,11H2,2-3H3. The van der Waals surface area contributed by atoms with E-state index in [1.807, 2.05) is 18.2 Å². The smallest absolute Gasteiger partial charge is 0.355 e. The van der Waals surface area contributed by atoms with Crippen LogP contribution in [0.1, 0.15) is 12.0 Å². The molecule has 0 saturated carbocycles. The van der Waals surface area contributed by atoms with Crippen molar-refractivity contribution in [3.63, 3.8) is 0 Å². The van der Waals surface area contributed by atoms with Gasteiger partial charge in [0.15, 0.2) is 0 Å². The summed E-state index contributed by atoms with van der Waals surface area (Å²) in [6.45, 7) is 3.75. The van der Waals surface area contributed by atoms with Crippen molar-refractivity contribution >= 4 is 20.4 Å². The van der Waals surface area contributed by atoms with Gasteiger partial charge in [0.1, 0.15) is 0 Å². The quantitative estimate of drug-likeness (QED) is 0.309. The zero-order chi connectivity index (χ0) is 14.1. The lowest BCUT2D eigenvalue weighted by atomic mass is 10.1. The molecule has 0 heterocycles. The summed E-state index contributed by atoms with van der Waals surface area (Å²) in [5.74, 6) is -0.380. The molecule has 0 aliphatic rings. The number of esters is 1. The predicted octanol–water partition coefficient (Wildman–Crippen LogP) is 1.07. The predicted molar refractivity (Wildman–Crippen MR) is 76.7 cm³/mol. The van der Waals surface area contributed by atoms with E-state index in [4.69, 9.17) is 13.6 Å². The Bertz CT molecular complexity index is 416. The summed E-state index contributed by atoms with van der Waals surface area (Å²) in [4.78, 5) is 10.9. The highest BCUT2D eigenvalue weighted by molar-refractivity contribution is 6.61. The van der Waals surface area contributed by atoms with Gasteiger partial charge in [0, 0.05) is 20.3 Å². The minimum absolute atomic E-state index is 0.380. The van der Waals surface area contributed by atoms with Crippen molar-refractivity contribution in [2.45, 2.75) is 12.8 Å². The van der Waals surface area contributed by atoms with E-state index >= 15 is 0 Å². The lowest BCUT2D eigenvalue weighted by molar-refractivity contribution is -0.137. The summed E-state index contributed by atoms with van der Waals surface area (Å²) in [6.07, 6.45) is 2.77. The molecule has 1 rings (SSSR count). The lowest BCUT2D eigenvalue weighted by Gasteiger charge is -2.15. The number of hydrogen-bond acceptors (Lipinski definition) is 4. The summed E-state index contributed by atoms with van der Waals surface area (Å²) in [6, 6.07) is 8.07. The van der Waals surface area contributed by atoms with Gasteiger partial charge in [0.05, 0.1) is 6.61 Å². The van der Waals surface area contributed by atoms with Crippen LogP contribution in [0.15, 0.2) is 36.9 Å². The Morgan fingerprint density at radius 2 is 2.00 bits per heavy atom. The molecule has 0 aromatic heterocycles. The van der Waals surface area contributed by atoms with Gasteiger partial charge < -0.3 is 13.6 Å². The molecular weight excluding hydrogens is 260 g/mol. The highest BCUT2D eigenvalue weighted by Gasteiger charge is 2.16. The van der Waals surface area contributed by atoms with Gasteiger partial charge in [-0.25, -0.2) is 4.79 Å². The van der Waals surface area contributed by atoms with Crippen LogP contribution in [0.25, 0.3) is 0 Å². The molecule has 1 aromatic rings. The first-order chi connectivity index (χ1) is 9.22. The van der Waals surface area contributed by atoms with E-state index in [1.54, 1.807) is 14.2 Å². The molecule has 4 nitrogen and oxygen atoms in total. The fraction of sp³-hybridized carbons (Fsp3) is 0.357. The van der Waals surface area contributed by atoms with E-state index in [-0.39, 0.29) is 5.97 Å². The maximum absolute atomic E-state index is 10.9. The summed E-state index contributed by atoms with van der Waals surface area (Å²) in [5.41, 5.74) is 1.19. The van der Waals surface area contributed by atoms with Gasteiger partial charge in [-0.3, -0.25) is 0 Å². The van der Waals surface area contributed by atoms with E-state index < -0.39 is 9.28 Å². The van der Waals surface area contributed by atoms with Crippen molar-refractivity contribution in [3.8, 4) is 0 Å². The SMILES string of the molecule is C=CC(=O)OCCCc1ccccc1[SiH](OC)OC. The van der Waals surface area contributed by atoms with Gasteiger partial charge in [-0.2, -0.15) is 0 Å². The molecule has 0 spiro atoms. The summed E-state index contributed by atoms with van der Waals surface area (Å²) in [5, 5.41) is 1.14. The Hall–Kier alpha value is -1.43. The number of aryl methyl sites for hydroxylation is 1. The van der Waals surface area contributed by atoms with Gasteiger partial charge in [-0.1, -0.05) is 30.8 Å². The van der Waals surface area contributed by atoms with E-state index in [9.17, 15) is 4.79 Å². The second kappa shape index (κ2) is 8.63. The van der Waals surface area contributed by atoms with Crippen molar-refractivity contribution < 1.29 is 18.4 Å². The van der Waals surface area contributed by atoms with Crippen LogP contribution >= 0.6 is 0 Å². The third-order valence-electron chi connectivity index (χ3n) is 2.74. The van der Waals surface area contributed by atoms with Crippen LogP contribution in [0.2, 0.25) is 0 Å². The molecule has 0 saturated heterocycles. The molecule has 0 amide bonds. The van der Waals surface area contributed by atoms with Crippen molar-refractivity contribution in [1.82, 2.24) is 0 Å². The van der Waals surface area contributed by atoms with E-state index in [0.29, 0.717) is 6.61 Å². The van der Waals surface area contributed by atoms with Gasteiger partial charge in [0.25, 0.3) is 0 Å².